The number of amides is 1. The molecule has 3 aromatic heterocycles. The minimum atomic E-state index is -1.03. The maximum Gasteiger partial charge on any atom is 0.274 e. The Bertz CT molecular complexity index is 1600. The van der Waals surface area contributed by atoms with E-state index < -0.39 is 23.6 Å². The van der Waals surface area contributed by atoms with Crippen molar-refractivity contribution in [3.05, 3.63) is 94.7 Å². The van der Waals surface area contributed by atoms with Crippen molar-refractivity contribution in [2.45, 2.75) is 19.5 Å². The van der Waals surface area contributed by atoms with Crippen molar-refractivity contribution in [1.82, 2.24) is 25.3 Å². The third-order valence-corrected chi connectivity index (χ3v) is 5.68. The number of hydrogen-bond acceptors (Lipinski definition) is 9. The van der Waals surface area contributed by atoms with Gasteiger partial charge in [-0.1, -0.05) is 12.1 Å². The highest BCUT2D eigenvalue weighted by Gasteiger charge is 2.20. The first-order valence-corrected chi connectivity index (χ1v) is 11.5. The van der Waals surface area contributed by atoms with E-state index in [1.54, 1.807) is 31.3 Å². The minimum absolute atomic E-state index is 0.0702. The molecule has 0 aliphatic rings. The van der Waals surface area contributed by atoms with E-state index in [1.165, 1.54) is 18.5 Å². The van der Waals surface area contributed by atoms with Gasteiger partial charge >= 0.3 is 0 Å². The zero-order chi connectivity index (χ0) is 28.1. The Labute approximate surface area is 221 Å². The summed E-state index contributed by atoms with van der Waals surface area (Å²) < 4.78 is 26.9. The van der Waals surface area contributed by atoms with Crippen LogP contribution in [0.4, 0.5) is 20.4 Å². The lowest BCUT2D eigenvalue weighted by molar-refractivity contribution is 0.0935. The first kappa shape index (κ1) is 26.6. The maximum absolute atomic E-state index is 13.6. The molecule has 0 saturated carbocycles. The van der Waals surface area contributed by atoms with Crippen LogP contribution in [0.15, 0.2) is 55.0 Å². The van der Waals surface area contributed by atoms with Crippen LogP contribution in [0.5, 0.6) is 0 Å². The van der Waals surface area contributed by atoms with Gasteiger partial charge in [0.2, 0.25) is 0 Å². The average molecular weight is 529 g/mol. The molecule has 1 amide bonds. The molecule has 1 aromatic carbocycles. The molecule has 4 aromatic rings. The lowest BCUT2D eigenvalue weighted by Crippen LogP contribution is -2.29. The summed E-state index contributed by atoms with van der Waals surface area (Å²) >= 11 is 0. The second kappa shape index (κ2) is 11.3. The fourth-order valence-corrected chi connectivity index (χ4v) is 3.58. The number of nitrogens with two attached hydrogens (primary N) is 2. The number of nitrogen functional groups attached to an aromatic ring is 2. The number of benzene rings is 1. The lowest BCUT2D eigenvalue weighted by Gasteiger charge is -2.16. The molecule has 11 nitrogen and oxygen atoms in total. The Hall–Kier alpha value is -5.51. The molecule has 196 valence electrons. The fraction of sp³-hybridized carbons (Fsp3) is 0.115. The number of carbonyl (C=O) groups is 1. The molecule has 13 heteroatoms. The molecular formula is C26H22F2N10O. The van der Waals surface area contributed by atoms with Gasteiger partial charge in [0, 0.05) is 24.5 Å². The van der Waals surface area contributed by atoms with Crippen LogP contribution in [0.3, 0.4) is 0 Å². The summed E-state index contributed by atoms with van der Waals surface area (Å²) in [5.74, 6) is -2.63. The number of rotatable bonds is 8. The number of halogens is 2. The third kappa shape index (κ3) is 6.08. The van der Waals surface area contributed by atoms with Crippen molar-refractivity contribution < 1.29 is 13.6 Å². The van der Waals surface area contributed by atoms with Crippen molar-refractivity contribution in [2.24, 2.45) is 5.73 Å². The molecule has 0 bridgehead atoms. The smallest absolute Gasteiger partial charge is 0.274 e. The predicted octanol–water partition coefficient (Wildman–Crippen LogP) is 3.05. The van der Waals surface area contributed by atoms with Crippen LogP contribution in [-0.4, -0.2) is 31.7 Å². The van der Waals surface area contributed by atoms with Gasteiger partial charge in [-0.05, 0) is 42.3 Å². The molecule has 0 spiro atoms. The second-order valence-corrected chi connectivity index (χ2v) is 8.41. The first-order valence-electron chi connectivity index (χ1n) is 11.5. The topological polar surface area (TPSA) is 192 Å². The zero-order valence-electron chi connectivity index (χ0n) is 20.5. The summed E-state index contributed by atoms with van der Waals surface area (Å²) in [6.45, 7) is 1.81. The molecule has 0 radical (unpaired) electrons. The number of anilines is 2. The summed E-state index contributed by atoms with van der Waals surface area (Å²) in [5, 5.41) is 22.5. The second-order valence-electron chi connectivity index (χ2n) is 8.41. The number of nitriles is 1. The highest BCUT2D eigenvalue weighted by molar-refractivity contribution is 6.00. The van der Waals surface area contributed by atoms with E-state index in [4.69, 9.17) is 16.9 Å². The van der Waals surface area contributed by atoms with Crippen LogP contribution in [0, 0.1) is 28.4 Å². The van der Waals surface area contributed by atoms with Crippen LogP contribution in [-0.2, 0) is 6.54 Å². The van der Waals surface area contributed by atoms with Gasteiger partial charge in [-0.15, -0.1) is 0 Å². The molecule has 39 heavy (non-hydrogen) atoms. The maximum atomic E-state index is 13.6. The van der Waals surface area contributed by atoms with Crippen molar-refractivity contribution in [3.63, 3.8) is 0 Å². The van der Waals surface area contributed by atoms with Gasteiger partial charge in [-0.2, -0.15) is 5.26 Å². The normalized spacial score (nSPS) is 11.3. The minimum Gasteiger partial charge on any atom is -0.384 e. The Morgan fingerprint density at radius 2 is 1.90 bits per heavy atom. The van der Waals surface area contributed by atoms with Gasteiger partial charge in [0.15, 0.2) is 28.8 Å². The Morgan fingerprint density at radius 1 is 1.10 bits per heavy atom. The molecule has 0 aliphatic heterocycles. The molecule has 0 saturated heterocycles. The standard InChI is InChI=1S/C26H22F2N10O/c1-13(15-3-4-19(27)20(28)7-15)37-26(39)22-25(36-12-17(8-29)38-22)35-10-14-2-5-21(33-9-14)16-6-18(23(30)31)24(32)34-11-16/h2-7,9,11-13H,10H2,1H3,(H3,30,31)(H2,32,34)(H,35,36)(H,37,39). The highest BCUT2D eigenvalue weighted by atomic mass is 19.2. The van der Waals surface area contributed by atoms with Crippen molar-refractivity contribution in [1.29, 1.82) is 10.7 Å². The molecule has 4 rings (SSSR count). The van der Waals surface area contributed by atoms with Gasteiger partial charge in [-0.25, -0.2) is 23.7 Å². The Kier molecular flexibility index (Phi) is 7.67. The summed E-state index contributed by atoms with van der Waals surface area (Å²) in [4.78, 5) is 29.7. The summed E-state index contributed by atoms with van der Waals surface area (Å²) in [6.07, 6.45) is 4.36. The predicted molar refractivity (Wildman–Crippen MR) is 139 cm³/mol. The van der Waals surface area contributed by atoms with E-state index in [1.807, 2.05) is 6.07 Å². The van der Waals surface area contributed by atoms with Crippen LogP contribution in [0.25, 0.3) is 11.3 Å². The zero-order valence-corrected chi connectivity index (χ0v) is 20.5. The van der Waals surface area contributed by atoms with Crippen LogP contribution < -0.4 is 22.1 Å². The van der Waals surface area contributed by atoms with Crippen LogP contribution in [0.1, 0.15) is 45.8 Å². The lowest BCUT2D eigenvalue weighted by atomic mass is 10.1. The van der Waals surface area contributed by atoms with Crippen molar-refractivity contribution in [3.8, 4) is 17.3 Å². The van der Waals surface area contributed by atoms with Crippen LogP contribution in [0.2, 0.25) is 0 Å². The molecule has 7 N–H and O–H groups in total. The van der Waals surface area contributed by atoms with Gasteiger partial charge in [0.05, 0.1) is 23.5 Å². The van der Waals surface area contributed by atoms with Crippen molar-refractivity contribution in [2.75, 3.05) is 11.1 Å². The molecule has 1 unspecified atom stereocenters. The van der Waals surface area contributed by atoms with Crippen LogP contribution >= 0.6 is 0 Å². The van der Waals surface area contributed by atoms with Gasteiger partial charge in [0.1, 0.15) is 17.7 Å². The largest absolute Gasteiger partial charge is 0.384 e. The molecule has 3 heterocycles. The quantitative estimate of drug-likeness (QED) is 0.169. The number of carbonyl (C=O) groups excluding carboxylic acids is 1. The number of amidine groups is 1. The third-order valence-electron chi connectivity index (χ3n) is 5.68. The number of aromatic nitrogens is 4. The first-order chi connectivity index (χ1) is 18.7. The van der Waals surface area contributed by atoms with E-state index >= 15 is 0 Å². The van der Waals surface area contributed by atoms with E-state index in [9.17, 15) is 18.8 Å². The number of hydrogen-bond donors (Lipinski definition) is 5. The van der Waals surface area contributed by atoms with Crippen molar-refractivity contribution >= 4 is 23.4 Å². The Balaban J connectivity index is 1.49. The van der Waals surface area contributed by atoms with E-state index in [0.717, 1.165) is 17.7 Å². The molecule has 0 aliphatic carbocycles. The van der Waals surface area contributed by atoms with E-state index in [2.05, 4.69) is 30.6 Å². The molecule has 0 fully saturated rings. The molecular weight excluding hydrogens is 506 g/mol. The average Bonchev–Trinajstić information content (AvgIpc) is 2.93. The van der Waals surface area contributed by atoms with Gasteiger partial charge < -0.3 is 22.1 Å². The number of pyridine rings is 2. The Morgan fingerprint density at radius 3 is 2.56 bits per heavy atom. The fourth-order valence-electron chi connectivity index (χ4n) is 3.58. The van der Waals surface area contributed by atoms with Gasteiger partial charge in [-0.3, -0.25) is 15.2 Å². The summed E-state index contributed by atoms with van der Waals surface area (Å²) in [7, 11) is 0. The monoisotopic (exact) mass is 528 g/mol. The van der Waals surface area contributed by atoms with E-state index in [-0.39, 0.29) is 35.4 Å². The SMILES string of the molecule is CC(NC(=O)c1nc(C#N)cnc1NCc1ccc(-c2cnc(N)c(C(=N)N)c2)nc1)c1ccc(F)c(F)c1. The van der Waals surface area contributed by atoms with Gasteiger partial charge in [0.25, 0.3) is 5.91 Å². The highest BCUT2D eigenvalue weighted by Crippen LogP contribution is 2.21. The molecule has 1 atom stereocenters. The number of nitrogens with one attached hydrogen (secondary N) is 3. The summed E-state index contributed by atoms with van der Waals surface area (Å²) in [6, 6.07) is 9.65. The number of nitrogens with zero attached hydrogens (tertiary/aromatic N) is 5. The summed E-state index contributed by atoms with van der Waals surface area (Å²) in [5.41, 5.74) is 13.7. The van der Waals surface area contributed by atoms with E-state index in [0.29, 0.717) is 22.4 Å².